The standard InChI is InChI=1S/C23H27BrN4O3/c1-14(2)30-17-11-20-22(21(12-17)31-15-6-8-25-9-7-15)23(27-13-26-20)28-19-10-16(29-3)4-5-18(19)24/h4-5,10-15,25H,6-9H2,1-3H3,(H,26,27,28). The lowest BCUT2D eigenvalue weighted by Gasteiger charge is -2.25. The molecule has 2 N–H and O–H groups in total. The van der Waals surface area contributed by atoms with E-state index in [2.05, 4.69) is 36.5 Å². The second-order valence-electron chi connectivity index (χ2n) is 7.74. The van der Waals surface area contributed by atoms with Gasteiger partial charge in [0.2, 0.25) is 0 Å². The second kappa shape index (κ2) is 9.70. The summed E-state index contributed by atoms with van der Waals surface area (Å²) in [7, 11) is 1.65. The SMILES string of the molecule is COc1ccc(Br)c(Nc2ncnc3cc(OC(C)C)cc(OC4CCNCC4)c23)c1. The highest BCUT2D eigenvalue weighted by molar-refractivity contribution is 9.10. The molecule has 1 aliphatic rings. The van der Waals surface area contributed by atoms with Crippen molar-refractivity contribution in [2.24, 2.45) is 0 Å². The molecule has 0 bridgehead atoms. The van der Waals surface area contributed by atoms with E-state index in [4.69, 9.17) is 14.2 Å². The molecule has 4 rings (SSSR count). The Morgan fingerprint density at radius 3 is 2.65 bits per heavy atom. The van der Waals surface area contributed by atoms with Crippen LogP contribution in [0.2, 0.25) is 0 Å². The Morgan fingerprint density at radius 1 is 1.10 bits per heavy atom. The molecule has 8 heteroatoms. The Hall–Kier alpha value is -2.58. The van der Waals surface area contributed by atoms with Crippen LogP contribution in [0.5, 0.6) is 17.2 Å². The van der Waals surface area contributed by atoms with Gasteiger partial charge in [0.05, 0.1) is 29.8 Å². The van der Waals surface area contributed by atoms with Crippen LogP contribution in [0.25, 0.3) is 10.9 Å². The largest absolute Gasteiger partial charge is 0.497 e. The summed E-state index contributed by atoms with van der Waals surface area (Å²) in [5, 5.41) is 7.62. The molecule has 0 aliphatic carbocycles. The quantitative estimate of drug-likeness (QED) is 0.482. The summed E-state index contributed by atoms with van der Waals surface area (Å²) in [6.07, 6.45) is 3.64. The molecule has 1 aliphatic heterocycles. The highest BCUT2D eigenvalue weighted by atomic mass is 79.9. The molecule has 0 spiro atoms. The van der Waals surface area contributed by atoms with Crippen molar-refractivity contribution in [1.29, 1.82) is 0 Å². The number of nitrogens with one attached hydrogen (secondary N) is 2. The van der Waals surface area contributed by atoms with Gasteiger partial charge in [-0.25, -0.2) is 9.97 Å². The molecule has 0 radical (unpaired) electrons. The normalized spacial score (nSPS) is 14.6. The molecular weight excluding hydrogens is 460 g/mol. The first-order valence-corrected chi connectivity index (χ1v) is 11.3. The van der Waals surface area contributed by atoms with E-state index in [0.29, 0.717) is 5.82 Å². The zero-order valence-electron chi connectivity index (χ0n) is 17.9. The van der Waals surface area contributed by atoms with Crippen LogP contribution in [0.3, 0.4) is 0 Å². The Morgan fingerprint density at radius 2 is 1.90 bits per heavy atom. The summed E-state index contributed by atoms with van der Waals surface area (Å²) < 4.78 is 18.7. The molecule has 0 unspecified atom stereocenters. The number of hydrogen-bond donors (Lipinski definition) is 2. The van der Waals surface area contributed by atoms with Gasteiger partial charge in [-0.1, -0.05) is 0 Å². The molecule has 3 aromatic rings. The number of hydrogen-bond acceptors (Lipinski definition) is 7. The van der Waals surface area contributed by atoms with Crippen LogP contribution >= 0.6 is 15.9 Å². The van der Waals surface area contributed by atoms with E-state index in [-0.39, 0.29) is 12.2 Å². The number of benzene rings is 2. The lowest BCUT2D eigenvalue weighted by Crippen LogP contribution is -2.34. The van der Waals surface area contributed by atoms with Crippen molar-refractivity contribution in [1.82, 2.24) is 15.3 Å². The second-order valence-corrected chi connectivity index (χ2v) is 8.60. The molecular formula is C23H27BrN4O3. The van der Waals surface area contributed by atoms with Gasteiger partial charge in [0.1, 0.15) is 35.5 Å². The first-order chi connectivity index (χ1) is 15.0. The van der Waals surface area contributed by atoms with E-state index in [1.54, 1.807) is 13.4 Å². The van der Waals surface area contributed by atoms with Crippen molar-refractivity contribution in [3.63, 3.8) is 0 Å². The molecule has 1 fully saturated rings. The van der Waals surface area contributed by atoms with Gasteiger partial charge in [0, 0.05) is 22.7 Å². The number of anilines is 2. The van der Waals surface area contributed by atoms with E-state index >= 15 is 0 Å². The van der Waals surface area contributed by atoms with Gasteiger partial charge in [-0.3, -0.25) is 0 Å². The monoisotopic (exact) mass is 486 g/mol. The number of methoxy groups -OCH3 is 1. The van der Waals surface area contributed by atoms with Gasteiger partial charge < -0.3 is 24.8 Å². The highest BCUT2D eigenvalue weighted by Crippen LogP contribution is 2.38. The molecule has 0 amide bonds. The van der Waals surface area contributed by atoms with Crippen LogP contribution in [0.15, 0.2) is 41.1 Å². The molecule has 0 atom stereocenters. The van der Waals surface area contributed by atoms with Gasteiger partial charge in [0.25, 0.3) is 0 Å². The summed E-state index contributed by atoms with van der Waals surface area (Å²) in [4.78, 5) is 9.03. The smallest absolute Gasteiger partial charge is 0.145 e. The predicted molar refractivity (Wildman–Crippen MR) is 126 cm³/mol. The lowest BCUT2D eigenvalue weighted by molar-refractivity contribution is 0.163. The molecule has 164 valence electrons. The zero-order chi connectivity index (χ0) is 21.8. The van der Waals surface area contributed by atoms with Crippen LogP contribution in [0, 0.1) is 0 Å². The molecule has 1 saturated heterocycles. The first kappa shape index (κ1) is 21.6. The Balaban J connectivity index is 1.78. The molecule has 0 saturated carbocycles. The fourth-order valence-electron chi connectivity index (χ4n) is 3.60. The summed E-state index contributed by atoms with van der Waals surface area (Å²) in [6, 6.07) is 9.62. The van der Waals surface area contributed by atoms with Gasteiger partial charge >= 0.3 is 0 Å². The maximum atomic E-state index is 6.47. The van der Waals surface area contributed by atoms with E-state index in [0.717, 1.165) is 64.2 Å². The molecule has 2 aromatic carbocycles. The number of nitrogens with zero attached hydrogens (tertiary/aromatic N) is 2. The third-order valence-corrected chi connectivity index (χ3v) is 5.75. The Bertz CT molecular complexity index is 1050. The highest BCUT2D eigenvalue weighted by Gasteiger charge is 2.20. The lowest BCUT2D eigenvalue weighted by atomic mass is 10.1. The van der Waals surface area contributed by atoms with Crippen LogP contribution in [-0.4, -0.2) is 42.4 Å². The van der Waals surface area contributed by atoms with E-state index in [1.807, 2.05) is 44.2 Å². The van der Waals surface area contributed by atoms with E-state index < -0.39 is 0 Å². The number of rotatable bonds is 7. The maximum Gasteiger partial charge on any atom is 0.145 e. The summed E-state index contributed by atoms with van der Waals surface area (Å²) in [5.74, 6) is 2.88. The van der Waals surface area contributed by atoms with Crippen molar-refractivity contribution in [3.05, 3.63) is 41.1 Å². The van der Waals surface area contributed by atoms with Crippen molar-refractivity contribution in [3.8, 4) is 17.2 Å². The minimum absolute atomic E-state index is 0.0522. The molecule has 2 heterocycles. The Kier molecular flexibility index (Phi) is 6.77. The van der Waals surface area contributed by atoms with Crippen molar-refractivity contribution in [2.45, 2.75) is 38.9 Å². The number of fused-ring (bicyclic) bond motifs is 1. The van der Waals surface area contributed by atoms with Crippen LogP contribution in [-0.2, 0) is 0 Å². The molecule has 1 aromatic heterocycles. The summed E-state index contributed by atoms with van der Waals surface area (Å²) in [5.41, 5.74) is 1.60. The zero-order valence-corrected chi connectivity index (χ0v) is 19.5. The van der Waals surface area contributed by atoms with E-state index in [1.165, 1.54) is 0 Å². The third kappa shape index (κ3) is 5.19. The first-order valence-electron chi connectivity index (χ1n) is 10.5. The van der Waals surface area contributed by atoms with Crippen molar-refractivity contribution < 1.29 is 14.2 Å². The minimum Gasteiger partial charge on any atom is -0.497 e. The van der Waals surface area contributed by atoms with Crippen molar-refractivity contribution in [2.75, 3.05) is 25.5 Å². The number of aromatic nitrogens is 2. The van der Waals surface area contributed by atoms with Gasteiger partial charge in [-0.05, 0) is 67.8 Å². The fourth-order valence-corrected chi connectivity index (χ4v) is 3.95. The number of ether oxygens (including phenoxy) is 3. The molecule has 7 nitrogen and oxygen atoms in total. The van der Waals surface area contributed by atoms with E-state index in [9.17, 15) is 0 Å². The van der Waals surface area contributed by atoms with Crippen LogP contribution < -0.4 is 24.8 Å². The van der Waals surface area contributed by atoms with Gasteiger partial charge in [0.15, 0.2) is 0 Å². The molecule has 31 heavy (non-hydrogen) atoms. The number of piperidine rings is 1. The topological polar surface area (TPSA) is 77.5 Å². The van der Waals surface area contributed by atoms with Gasteiger partial charge in [-0.15, -0.1) is 0 Å². The average molecular weight is 487 g/mol. The minimum atomic E-state index is 0.0522. The van der Waals surface area contributed by atoms with Crippen LogP contribution in [0.1, 0.15) is 26.7 Å². The summed E-state index contributed by atoms with van der Waals surface area (Å²) in [6.45, 7) is 5.90. The van der Waals surface area contributed by atoms with Crippen LogP contribution in [0.4, 0.5) is 11.5 Å². The predicted octanol–water partition coefficient (Wildman–Crippen LogP) is 5.06. The Labute approximate surface area is 190 Å². The fraction of sp³-hybridized carbons (Fsp3) is 0.391. The van der Waals surface area contributed by atoms with Gasteiger partial charge in [-0.2, -0.15) is 0 Å². The van der Waals surface area contributed by atoms with Crippen molar-refractivity contribution >= 4 is 38.3 Å². The summed E-state index contributed by atoms with van der Waals surface area (Å²) >= 11 is 3.60. The average Bonchev–Trinajstić information content (AvgIpc) is 2.75. The number of halogens is 1. The third-order valence-electron chi connectivity index (χ3n) is 5.05. The maximum absolute atomic E-state index is 6.47.